The lowest BCUT2D eigenvalue weighted by Gasteiger charge is -2.36. The van der Waals surface area contributed by atoms with E-state index >= 15 is 0 Å². The van der Waals surface area contributed by atoms with Gasteiger partial charge < -0.3 is 29.2 Å². The van der Waals surface area contributed by atoms with E-state index in [9.17, 15) is 4.79 Å². The second-order valence-corrected chi connectivity index (χ2v) is 7.46. The van der Waals surface area contributed by atoms with Crippen LogP contribution >= 0.6 is 0 Å². The summed E-state index contributed by atoms with van der Waals surface area (Å²) in [6.45, 7) is 4.91. The minimum absolute atomic E-state index is 0.0614. The van der Waals surface area contributed by atoms with Crippen LogP contribution in [-0.4, -0.2) is 87.0 Å². The minimum Gasteiger partial charge on any atom is -0.492 e. The average Bonchev–Trinajstić information content (AvgIpc) is 3.29. The van der Waals surface area contributed by atoms with Crippen molar-refractivity contribution in [1.29, 1.82) is 0 Å². The van der Waals surface area contributed by atoms with Gasteiger partial charge in [-0.05, 0) is 43.9 Å². The summed E-state index contributed by atoms with van der Waals surface area (Å²) in [4.78, 5) is 22.9. The van der Waals surface area contributed by atoms with Gasteiger partial charge in [0, 0.05) is 46.3 Å². The van der Waals surface area contributed by atoms with Crippen LogP contribution in [-0.2, 0) is 6.54 Å². The molecule has 1 aromatic carbocycles. The maximum atomic E-state index is 12.4. The summed E-state index contributed by atoms with van der Waals surface area (Å²) in [5.41, 5.74) is 1.13. The number of hydrogen-bond donors (Lipinski definition) is 1. The zero-order valence-corrected chi connectivity index (χ0v) is 18.0. The van der Waals surface area contributed by atoms with Crippen LogP contribution in [0, 0.1) is 0 Å². The maximum Gasteiger partial charge on any atom is 0.289 e. The summed E-state index contributed by atoms with van der Waals surface area (Å²) >= 11 is 0. The number of likely N-dealkylation sites (N-methyl/N-ethyl adjacent to an activating group) is 1. The van der Waals surface area contributed by atoms with Crippen molar-refractivity contribution in [3.05, 3.63) is 54.0 Å². The van der Waals surface area contributed by atoms with Gasteiger partial charge in [0.1, 0.15) is 12.4 Å². The number of benzene rings is 1. The standard InChI is InChI=1S/C22H31N5O3/c1-23-22(24-17-18-6-4-7-19(16-18)29-15-13-25(2)3)27-11-9-26(10-12-27)21(28)20-8-5-14-30-20/h4-8,14,16H,9-13,15,17H2,1-3H3,(H,23,24). The minimum atomic E-state index is -0.0614. The molecule has 1 amide bonds. The Hall–Kier alpha value is -3.00. The van der Waals surface area contributed by atoms with Crippen LogP contribution < -0.4 is 10.1 Å². The predicted molar refractivity (Wildman–Crippen MR) is 117 cm³/mol. The highest BCUT2D eigenvalue weighted by atomic mass is 16.5. The normalized spacial score (nSPS) is 14.9. The van der Waals surface area contributed by atoms with Crippen LogP contribution in [0.15, 0.2) is 52.1 Å². The molecule has 0 bridgehead atoms. The van der Waals surface area contributed by atoms with Gasteiger partial charge in [0.15, 0.2) is 11.7 Å². The van der Waals surface area contributed by atoms with Gasteiger partial charge in [-0.2, -0.15) is 0 Å². The second-order valence-electron chi connectivity index (χ2n) is 7.46. The molecular weight excluding hydrogens is 382 g/mol. The van der Waals surface area contributed by atoms with E-state index in [-0.39, 0.29) is 5.91 Å². The molecule has 1 saturated heterocycles. The Balaban J connectivity index is 1.48. The van der Waals surface area contributed by atoms with Crippen LogP contribution in [0.25, 0.3) is 0 Å². The molecule has 0 saturated carbocycles. The van der Waals surface area contributed by atoms with Crippen LogP contribution in [0.2, 0.25) is 0 Å². The molecule has 0 radical (unpaired) electrons. The number of carbonyl (C=O) groups excluding carboxylic acids is 1. The molecule has 0 aliphatic carbocycles. The van der Waals surface area contributed by atoms with Crippen molar-refractivity contribution >= 4 is 11.9 Å². The SMILES string of the molecule is CN=C(NCc1cccc(OCCN(C)C)c1)N1CCN(C(=O)c2ccco2)CC1. The van der Waals surface area contributed by atoms with Gasteiger partial charge >= 0.3 is 0 Å². The van der Waals surface area contributed by atoms with Gasteiger partial charge in [-0.3, -0.25) is 9.79 Å². The fraction of sp³-hybridized carbons (Fsp3) is 0.455. The number of furan rings is 1. The average molecular weight is 414 g/mol. The third-order valence-electron chi connectivity index (χ3n) is 4.97. The van der Waals surface area contributed by atoms with Crippen molar-refractivity contribution in [2.24, 2.45) is 4.99 Å². The zero-order chi connectivity index (χ0) is 21.3. The first-order valence-corrected chi connectivity index (χ1v) is 10.2. The number of piperazine rings is 1. The number of nitrogens with zero attached hydrogens (tertiary/aromatic N) is 4. The predicted octanol–water partition coefficient (Wildman–Crippen LogP) is 1.75. The number of aliphatic imine (C=N–C) groups is 1. The van der Waals surface area contributed by atoms with Crippen LogP contribution in [0.1, 0.15) is 16.1 Å². The van der Waals surface area contributed by atoms with Gasteiger partial charge in [0.05, 0.1) is 6.26 Å². The highest BCUT2D eigenvalue weighted by Gasteiger charge is 2.25. The maximum absolute atomic E-state index is 12.4. The van der Waals surface area contributed by atoms with Gasteiger partial charge in [-0.25, -0.2) is 0 Å². The number of nitrogens with one attached hydrogen (secondary N) is 1. The summed E-state index contributed by atoms with van der Waals surface area (Å²) in [6.07, 6.45) is 1.53. The Morgan fingerprint density at radius 2 is 1.93 bits per heavy atom. The largest absolute Gasteiger partial charge is 0.492 e. The topological polar surface area (TPSA) is 73.6 Å². The number of amides is 1. The number of guanidine groups is 1. The Bertz CT molecular complexity index is 827. The van der Waals surface area contributed by atoms with Crippen LogP contribution in [0.4, 0.5) is 0 Å². The van der Waals surface area contributed by atoms with Gasteiger partial charge in [0.25, 0.3) is 5.91 Å². The van der Waals surface area contributed by atoms with E-state index < -0.39 is 0 Å². The molecule has 1 aliphatic rings. The number of hydrogen-bond acceptors (Lipinski definition) is 5. The fourth-order valence-corrected chi connectivity index (χ4v) is 3.28. The van der Waals surface area contributed by atoms with E-state index in [2.05, 4.69) is 32.2 Å². The fourth-order valence-electron chi connectivity index (χ4n) is 3.28. The molecule has 30 heavy (non-hydrogen) atoms. The molecule has 162 valence electrons. The first kappa shape index (κ1) is 21.7. The molecular formula is C22H31N5O3. The Labute approximate surface area is 178 Å². The lowest BCUT2D eigenvalue weighted by molar-refractivity contribution is 0.0657. The summed E-state index contributed by atoms with van der Waals surface area (Å²) in [5.74, 6) is 2.03. The van der Waals surface area contributed by atoms with Gasteiger partial charge in [0.2, 0.25) is 0 Å². The molecule has 8 heteroatoms. The van der Waals surface area contributed by atoms with E-state index in [0.717, 1.165) is 36.9 Å². The molecule has 8 nitrogen and oxygen atoms in total. The van der Waals surface area contributed by atoms with Crippen molar-refractivity contribution in [1.82, 2.24) is 20.0 Å². The smallest absolute Gasteiger partial charge is 0.289 e. The summed E-state index contributed by atoms with van der Waals surface area (Å²) < 4.78 is 11.0. The molecule has 2 heterocycles. The number of ether oxygens (including phenoxy) is 1. The van der Waals surface area contributed by atoms with Gasteiger partial charge in [-0.1, -0.05) is 12.1 Å². The Kier molecular flexibility index (Phi) is 7.73. The number of carbonyl (C=O) groups is 1. The van der Waals surface area contributed by atoms with E-state index in [1.54, 1.807) is 19.2 Å². The third-order valence-corrected chi connectivity index (χ3v) is 4.97. The van der Waals surface area contributed by atoms with Crippen molar-refractivity contribution in [3.63, 3.8) is 0 Å². The number of rotatable bonds is 7. The summed E-state index contributed by atoms with van der Waals surface area (Å²) in [6, 6.07) is 11.5. The molecule has 1 N–H and O–H groups in total. The quantitative estimate of drug-likeness (QED) is 0.551. The molecule has 1 aliphatic heterocycles. The van der Waals surface area contributed by atoms with E-state index in [1.807, 2.05) is 31.1 Å². The van der Waals surface area contributed by atoms with Crippen molar-refractivity contribution in [2.45, 2.75) is 6.54 Å². The molecule has 0 unspecified atom stereocenters. The summed E-state index contributed by atoms with van der Waals surface area (Å²) in [5, 5.41) is 3.42. The molecule has 0 spiro atoms. The van der Waals surface area contributed by atoms with E-state index in [1.165, 1.54) is 6.26 Å². The first-order chi connectivity index (χ1) is 14.6. The zero-order valence-electron chi connectivity index (χ0n) is 18.0. The monoisotopic (exact) mass is 413 g/mol. The Morgan fingerprint density at radius 3 is 2.60 bits per heavy atom. The van der Waals surface area contributed by atoms with Crippen LogP contribution in [0.3, 0.4) is 0 Å². The van der Waals surface area contributed by atoms with Crippen LogP contribution in [0.5, 0.6) is 5.75 Å². The van der Waals surface area contributed by atoms with Crippen molar-refractivity contribution in [3.8, 4) is 5.75 Å². The van der Waals surface area contributed by atoms with E-state index in [0.29, 0.717) is 32.0 Å². The second kappa shape index (κ2) is 10.7. The first-order valence-electron chi connectivity index (χ1n) is 10.2. The lowest BCUT2D eigenvalue weighted by Crippen LogP contribution is -2.53. The molecule has 1 fully saturated rings. The molecule has 0 atom stereocenters. The molecule has 2 aromatic rings. The summed E-state index contributed by atoms with van der Waals surface area (Å²) in [7, 11) is 5.84. The lowest BCUT2D eigenvalue weighted by atomic mass is 10.2. The van der Waals surface area contributed by atoms with Gasteiger partial charge in [-0.15, -0.1) is 0 Å². The van der Waals surface area contributed by atoms with Crippen molar-refractivity contribution < 1.29 is 13.9 Å². The third kappa shape index (κ3) is 6.00. The van der Waals surface area contributed by atoms with E-state index in [4.69, 9.17) is 9.15 Å². The Morgan fingerprint density at radius 1 is 1.17 bits per heavy atom. The molecule has 1 aromatic heterocycles. The van der Waals surface area contributed by atoms with Crippen molar-refractivity contribution in [2.75, 3.05) is 60.5 Å². The highest BCUT2D eigenvalue weighted by molar-refractivity contribution is 5.91. The molecule has 3 rings (SSSR count). The highest BCUT2D eigenvalue weighted by Crippen LogP contribution is 2.14.